The molecule has 0 saturated heterocycles. The van der Waals surface area contributed by atoms with Gasteiger partial charge in [0.25, 0.3) is 0 Å². The lowest BCUT2D eigenvalue weighted by molar-refractivity contribution is 0.0602. The summed E-state index contributed by atoms with van der Waals surface area (Å²) in [6, 6.07) is 12.8. The van der Waals surface area contributed by atoms with Crippen molar-refractivity contribution < 1.29 is 23.5 Å². The van der Waals surface area contributed by atoms with Crippen LogP contribution in [0.5, 0.6) is 11.5 Å². The molecule has 0 aliphatic heterocycles. The largest absolute Gasteiger partial charge is 0.490 e. The maximum atomic E-state index is 12.4. The molecule has 0 aliphatic carbocycles. The highest BCUT2D eigenvalue weighted by atomic mass is 35.5. The molecule has 2 aromatic carbocycles. The van der Waals surface area contributed by atoms with E-state index in [2.05, 4.69) is 10.5 Å². The summed E-state index contributed by atoms with van der Waals surface area (Å²) in [7, 11) is 1.32. The Morgan fingerprint density at radius 3 is 2.45 bits per heavy atom. The van der Waals surface area contributed by atoms with Crippen LogP contribution in [0, 0.1) is 0 Å². The van der Waals surface area contributed by atoms with E-state index < -0.39 is 5.97 Å². The molecule has 3 rings (SSSR count). The minimum Gasteiger partial charge on any atom is -0.490 e. The molecule has 31 heavy (non-hydrogen) atoms. The molecule has 0 atom stereocenters. The van der Waals surface area contributed by atoms with Crippen LogP contribution in [0.15, 0.2) is 47.0 Å². The number of rotatable bonds is 10. The number of ether oxygens (including phenoxy) is 3. The number of aromatic nitrogens is 1. The third-order valence-corrected chi connectivity index (χ3v) is 4.76. The van der Waals surface area contributed by atoms with Gasteiger partial charge >= 0.3 is 5.97 Å². The van der Waals surface area contributed by atoms with Crippen LogP contribution < -0.4 is 14.8 Å². The first-order valence-corrected chi connectivity index (χ1v) is 10.4. The highest BCUT2D eigenvalue weighted by Gasteiger charge is 2.24. The second-order valence-corrected chi connectivity index (χ2v) is 6.99. The number of benzene rings is 2. The van der Waals surface area contributed by atoms with Crippen molar-refractivity contribution in [2.75, 3.05) is 32.2 Å². The monoisotopic (exact) mass is 444 g/mol. The summed E-state index contributed by atoms with van der Waals surface area (Å²) in [4.78, 5) is 12.4. The van der Waals surface area contributed by atoms with Crippen molar-refractivity contribution in [3.63, 3.8) is 0 Å². The van der Waals surface area contributed by atoms with Gasteiger partial charge in [-0.25, -0.2) is 4.79 Å². The van der Waals surface area contributed by atoms with Gasteiger partial charge in [0, 0.05) is 17.1 Å². The fourth-order valence-electron chi connectivity index (χ4n) is 3.08. The van der Waals surface area contributed by atoms with Crippen LogP contribution in [0.1, 0.15) is 29.8 Å². The summed E-state index contributed by atoms with van der Waals surface area (Å²) in [5.41, 5.74) is 2.39. The van der Waals surface area contributed by atoms with Gasteiger partial charge in [0.15, 0.2) is 17.1 Å². The van der Waals surface area contributed by atoms with Crippen molar-refractivity contribution in [2.45, 2.75) is 20.3 Å². The molecular formula is C23H25ClN2O5. The first-order valence-electron chi connectivity index (χ1n) is 10.0. The molecule has 0 spiro atoms. The van der Waals surface area contributed by atoms with Crippen LogP contribution in [0.2, 0.25) is 5.02 Å². The summed E-state index contributed by atoms with van der Waals surface area (Å²) >= 11 is 5.95. The van der Waals surface area contributed by atoms with Gasteiger partial charge < -0.3 is 24.1 Å². The summed E-state index contributed by atoms with van der Waals surface area (Å²) in [5, 5.41) is 7.79. The number of hydrogen-bond donors (Lipinski definition) is 1. The third-order valence-electron chi connectivity index (χ3n) is 4.51. The first-order chi connectivity index (χ1) is 15.1. The van der Waals surface area contributed by atoms with Crippen LogP contribution in [0.3, 0.4) is 0 Å². The molecule has 1 aromatic heterocycles. The Morgan fingerprint density at radius 2 is 1.77 bits per heavy atom. The number of methoxy groups -OCH3 is 1. The molecule has 0 bridgehead atoms. The van der Waals surface area contributed by atoms with Gasteiger partial charge in [0.05, 0.1) is 20.3 Å². The van der Waals surface area contributed by atoms with Gasteiger partial charge in [-0.3, -0.25) is 0 Å². The summed E-state index contributed by atoms with van der Waals surface area (Å²) in [6.07, 6.45) is 0.671. The Morgan fingerprint density at radius 1 is 1.06 bits per heavy atom. The van der Waals surface area contributed by atoms with Crippen molar-refractivity contribution in [3.8, 4) is 22.8 Å². The zero-order valence-corrected chi connectivity index (χ0v) is 18.5. The standard InChI is InChI=1S/C23H25ClN2O5/c1-4-29-18-11-6-15(14-19(18)30-5-2)12-13-25-22-20(23(27)28-3)21(26-31-22)16-7-9-17(24)10-8-16/h6-11,14,25H,4-5,12-13H2,1-3H3. The minimum atomic E-state index is -0.534. The van der Waals surface area contributed by atoms with Crippen LogP contribution in [0.4, 0.5) is 5.88 Å². The SMILES string of the molecule is CCOc1ccc(CCNc2onc(-c3ccc(Cl)cc3)c2C(=O)OC)cc1OCC. The quantitative estimate of drug-likeness (QED) is 0.428. The van der Waals surface area contributed by atoms with E-state index in [1.807, 2.05) is 32.0 Å². The van der Waals surface area contributed by atoms with E-state index in [-0.39, 0.29) is 11.4 Å². The van der Waals surface area contributed by atoms with Crippen molar-refractivity contribution in [2.24, 2.45) is 0 Å². The van der Waals surface area contributed by atoms with Crippen LogP contribution in [-0.4, -0.2) is 38.0 Å². The fourth-order valence-corrected chi connectivity index (χ4v) is 3.20. The van der Waals surface area contributed by atoms with Crippen LogP contribution in [-0.2, 0) is 11.2 Å². The van der Waals surface area contributed by atoms with Gasteiger partial charge in [0.1, 0.15) is 5.69 Å². The normalized spacial score (nSPS) is 10.6. The van der Waals surface area contributed by atoms with Crippen molar-refractivity contribution in [1.82, 2.24) is 5.16 Å². The van der Waals surface area contributed by atoms with E-state index in [0.717, 1.165) is 11.3 Å². The first kappa shape index (κ1) is 22.5. The molecule has 0 saturated carbocycles. The van der Waals surface area contributed by atoms with Crippen LogP contribution in [0.25, 0.3) is 11.3 Å². The zero-order valence-electron chi connectivity index (χ0n) is 17.7. The number of hydrogen-bond acceptors (Lipinski definition) is 7. The molecule has 164 valence electrons. The molecule has 0 unspecified atom stereocenters. The topological polar surface area (TPSA) is 82.8 Å². The van der Waals surface area contributed by atoms with E-state index >= 15 is 0 Å². The predicted molar refractivity (Wildman–Crippen MR) is 119 cm³/mol. The van der Waals surface area contributed by atoms with Gasteiger partial charge in [-0.15, -0.1) is 0 Å². The molecule has 1 heterocycles. The van der Waals surface area contributed by atoms with Gasteiger partial charge in [-0.05, 0) is 50.1 Å². The highest BCUT2D eigenvalue weighted by molar-refractivity contribution is 6.30. The Kier molecular flexibility index (Phi) is 7.78. The van der Waals surface area contributed by atoms with E-state index in [0.29, 0.717) is 48.2 Å². The van der Waals surface area contributed by atoms with E-state index in [1.165, 1.54) is 7.11 Å². The number of carbonyl (C=O) groups is 1. The summed E-state index contributed by atoms with van der Waals surface area (Å²) in [5.74, 6) is 1.15. The second-order valence-electron chi connectivity index (χ2n) is 6.56. The molecule has 7 nitrogen and oxygen atoms in total. The number of esters is 1. The number of nitrogens with zero attached hydrogens (tertiary/aromatic N) is 1. The van der Waals surface area contributed by atoms with E-state index in [1.54, 1.807) is 24.3 Å². The molecule has 3 aromatic rings. The Balaban J connectivity index is 1.75. The average Bonchev–Trinajstić information content (AvgIpc) is 3.19. The lowest BCUT2D eigenvalue weighted by atomic mass is 10.1. The number of halogens is 1. The smallest absolute Gasteiger partial charge is 0.345 e. The maximum Gasteiger partial charge on any atom is 0.345 e. The predicted octanol–water partition coefficient (Wildman–Crippen LogP) is 5.23. The molecule has 8 heteroatoms. The van der Waals surface area contributed by atoms with Gasteiger partial charge in [-0.2, -0.15) is 0 Å². The number of carbonyl (C=O) groups excluding carboxylic acids is 1. The Hall–Kier alpha value is -3.19. The lowest BCUT2D eigenvalue weighted by Gasteiger charge is -2.12. The summed E-state index contributed by atoms with van der Waals surface area (Å²) in [6.45, 7) is 5.50. The minimum absolute atomic E-state index is 0.242. The zero-order chi connectivity index (χ0) is 22.2. The van der Waals surface area contributed by atoms with Crippen LogP contribution >= 0.6 is 11.6 Å². The van der Waals surface area contributed by atoms with Crippen molar-refractivity contribution in [3.05, 3.63) is 58.6 Å². The lowest BCUT2D eigenvalue weighted by Crippen LogP contribution is -2.10. The number of nitrogens with one attached hydrogen (secondary N) is 1. The molecule has 0 amide bonds. The maximum absolute atomic E-state index is 12.4. The van der Waals surface area contributed by atoms with Crippen molar-refractivity contribution >= 4 is 23.5 Å². The molecule has 1 N–H and O–H groups in total. The number of anilines is 1. The summed E-state index contributed by atoms with van der Waals surface area (Å²) < 4.78 is 21.6. The Labute approximate surface area is 186 Å². The Bertz CT molecular complexity index is 1020. The second kappa shape index (κ2) is 10.7. The average molecular weight is 445 g/mol. The van der Waals surface area contributed by atoms with Crippen molar-refractivity contribution in [1.29, 1.82) is 0 Å². The molecule has 0 aliphatic rings. The highest BCUT2D eigenvalue weighted by Crippen LogP contribution is 2.31. The third kappa shape index (κ3) is 5.49. The fraction of sp³-hybridized carbons (Fsp3) is 0.304. The van der Waals surface area contributed by atoms with Gasteiger partial charge in [0.2, 0.25) is 5.88 Å². The van der Waals surface area contributed by atoms with E-state index in [4.69, 9.17) is 30.3 Å². The molecule has 0 radical (unpaired) electrons. The molecular weight excluding hydrogens is 420 g/mol. The molecule has 0 fully saturated rings. The van der Waals surface area contributed by atoms with Gasteiger partial charge in [-0.1, -0.05) is 35.0 Å². The van der Waals surface area contributed by atoms with E-state index in [9.17, 15) is 4.79 Å².